The number of nitriles is 1. The Balaban J connectivity index is 1.20. The molecule has 1 aliphatic heterocycles. The van der Waals surface area contributed by atoms with E-state index in [9.17, 15) is 0 Å². The van der Waals surface area contributed by atoms with E-state index in [4.69, 9.17) is 15.7 Å². The van der Waals surface area contributed by atoms with E-state index in [1.54, 1.807) is 32.0 Å². The Morgan fingerprint density at radius 1 is 1.21 bits per heavy atom. The molecule has 4 aromatic rings. The second-order valence-corrected chi connectivity index (χ2v) is 9.81. The van der Waals surface area contributed by atoms with Crippen LogP contribution in [0.1, 0.15) is 18.1 Å². The van der Waals surface area contributed by atoms with Crippen molar-refractivity contribution in [1.82, 2.24) is 24.3 Å². The zero-order valence-corrected chi connectivity index (χ0v) is 22.1. The molecule has 0 radical (unpaired) electrons. The summed E-state index contributed by atoms with van der Waals surface area (Å²) in [4.78, 5) is 19.7. The van der Waals surface area contributed by atoms with Gasteiger partial charge in [0, 0.05) is 69.5 Å². The maximum Gasteiger partial charge on any atom is 0.140 e. The summed E-state index contributed by atoms with van der Waals surface area (Å²) in [6.45, 7) is 5.54. The summed E-state index contributed by atoms with van der Waals surface area (Å²) in [6.07, 6.45) is 8.58. The van der Waals surface area contributed by atoms with Crippen LogP contribution in [0.4, 0.5) is 5.82 Å². The van der Waals surface area contributed by atoms with Crippen molar-refractivity contribution >= 4 is 23.3 Å². The zero-order chi connectivity index (χ0) is 27.2. The monoisotopic (exact) mass is 521 g/mol. The molecule has 0 spiro atoms. The van der Waals surface area contributed by atoms with Gasteiger partial charge in [0.1, 0.15) is 30.1 Å². The summed E-state index contributed by atoms with van der Waals surface area (Å²) in [7, 11) is 1.72. The van der Waals surface area contributed by atoms with E-state index in [0.717, 1.165) is 64.9 Å². The first-order chi connectivity index (χ1) is 19.0. The predicted octanol–water partition coefficient (Wildman–Crippen LogP) is 3.63. The quantitative estimate of drug-likeness (QED) is 0.303. The molecular weight excluding hydrogens is 490 g/mol. The van der Waals surface area contributed by atoms with Crippen molar-refractivity contribution in [1.29, 1.82) is 5.26 Å². The van der Waals surface area contributed by atoms with Crippen LogP contribution < -0.4 is 15.8 Å². The van der Waals surface area contributed by atoms with E-state index >= 15 is 0 Å². The number of anilines is 1. The minimum absolute atomic E-state index is 0.218. The molecule has 0 saturated carbocycles. The van der Waals surface area contributed by atoms with Crippen LogP contribution in [0.25, 0.3) is 22.6 Å². The van der Waals surface area contributed by atoms with Gasteiger partial charge in [0.25, 0.3) is 0 Å². The Morgan fingerprint density at radius 3 is 2.77 bits per heavy atom. The SMILES string of the molecule is CN=CC(=CN)c1ccc(CNc2cc(-c3cnc4cc(OCCN5CC(C)(C#N)C5)ccn34)ncn2)cc1. The van der Waals surface area contributed by atoms with Gasteiger partial charge in [-0.05, 0) is 24.1 Å². The Hall–Kier alpha value is -4.75. The highest BCUT2D eigenvalue weighted by atomic mass is 16.5. The van der Waals surface area contributed by atoms with Crippen LogP contribution in [0.3, 0.4) is 0 Å². The van der Waals surface area contributed by atoms with Crippen molar-refractivity contribution in [2.75, 3.05) is 38.6 Å². The fourth-order valence-corrected chi connectivity index (χ4v) is 4.66. The highest BCUT2D eigenvalue weighted by molar-refractivity contribution is 6.09. The molecule has 198 valence electrons. The van der Waals surface area contributed by atoms with Gasteiger partial charge in [0.15, 0.2) is 0 Å². The maximum absolute atomic E-state index is 9.15. The van der Waals surface area contributed by atoms with Crippen LogP contribution in [0.5, 0.6) is 5.75 Å². The number of aromatic nitrogens is 4. The van der Waals surface area contributed by atoms with Gasteiger partial charge >= 0.3 is 0 Å². The first-order valence-corrected chi connectivity index (χ1v) is 12.7. The van der Waals surface area contributed by atoms with Crippen molar-refractivity contribution in [3.05, 3.63) is 78.5 Å². The number of rotatable bonds is 10. The average molecular weight is 522 g/mol. The average Bonchev–Trinajstić information content (AvgIpc) is 3.37. The summed E-state index contributed by atoms with van der Waals surface area (Å²) in [6, 6.07) is 16.3. The first-order valence-electron chi connectivity index (χ1n) is 12.7. The molecule has 10 heteroatoms. The number of nitrogens with one attached hydrogen (secondary N) is 1. The summed E-state index contributed by atoms with van der Waals surface area (Å²) in [5, 5.41) is 12.5. The van der Waals surface area contributed by atoms with Gasteiger partial charge in [-0.25, -0.2) is 15.0 Å². The summed E-state index contributed by atoms with van der Waals surface area (Å²) < 4.78 is 7.92. The largest absolute Gasteiger partial charge is 0.492 e. The number of allylic oxidation sites excluding steroid dienone is 1. The van der Waals surface area contributed by atoms with Crippen molar-refractivity contribution in [3.8, 4) is 23.2 Å². The van der Waals surface area contributed by atoms with E-state index in [-0.39, 0.29) is 5.41 Å². The number of nitrogens with zero attached hydrogens (tertiary/aromatic N) is 7. The molecule has 0 unspecified atom stereocenters. The molecule has 5 rings (SSSR count). The molecule has 1 aliphatic rings. The van der Waals surface area contributed by atoms with E-state index in [1.807, 2.05) is 47.9 Å². The molecule has 1 aromatic carbocycles. The second-order valence-electron chi connectivity index (χ2n) is 9.81. The van der Waals surface area contributed by atoms with Gasteiger partial charge in [-0.2, -0.15) is 5.26 Å². The number of ether oxygens (including phenoxy) is 1. The molecule has 0 bridgehead atoms. The summed E-state index contributed by atoms with van der Waals surface area (Å²) in [5.74, 6) is 1.48. The lowest BCUT2D eigenvalue weighted by atomic mass is 9.84. The predicted molar refractivity (Wildman–Crippen MR) is 152 cm³/mol. The first kappa shape index (κ1) is 25.9. The number of benzene rings is 1. The van der Waals surface area contributed by atoms with Crippen LogP contribution in [-0.4, -0.2) is 63.8 Å². The van der Waals surface area contributed by atoms with Crippen molar-refractivity contribution in [3.63, 3.8) is 0 Å². The second kappa shape index (κ2) is 11.3. The van der Waals surface area contributed by atoms with E-state index in [0.29, 0.717) is 13.2 Å². The van der Waals surface area contributed by atoms with E-state index in [2.05, 4.69) is 48.4 Å². The third kappa shape index (κ3) is 5.89. The Labute approximate surface area is 227 Å². The Bertz CT molecular complexity index is 1540. The minimum atomic E-state index is -0.218. The number of hydrogen-bond donors (Lipinski definition) is 2. The molecular formula is C29H31N9O. The van der Waals surface area contributed by atoms with Gasteiger partial charge in [-0.1, -0.05) is 24.3 Å². The molecule has 0 atom stereocenters. The maximum atomic E-state index is 9.15. The number of likely N-dealkylation sites (tertiary alicyclic amines) is 1. The van der Waals surface area contributed by atoms with E-state index in [1.165, 1.54) is 0 Å². The third-order valence-electron chi connectivity index (χ3n) is 6.71. The Kier molecular flexibility index (Phi) is 7.52. The number of hydrogen-bond acceptors (Lipinski definition) is 9. The molecule has 0 amide bonds. The van der Waals surface area contributed by atoms with Crippen LogP contribution in [0.2, 0.25) is 0 Å². The summed E-state index contributed by atoms with van der Waals surface area (Å²) in [5.41, 5.74) is 10.9. The fourth-order valence-electron chi connectivity index (χ4n) is 4.66. The van der Waals surface area contributed by atoms with Gasteiger partial charge in [0.05, 0.1) is 29.1 Å². The number of fused-ring (bicyclic) bond motifs is 1. The van der Waals surface area contributed by atoms with Crippen LogP contribution in [0, 0.1) is 16.7 Å². The Morgan fingerprint density at radius 2 is 2.03 bits per heavy atom. The number of imidazole rings is 1. The molecule has 1 fully saturated rings. The van der Waals surface area contributed by atoms with E-state index < -0.39 is 0 Å². The highest BCUT2D eigenvalue weighted by Gasteiger charge is 2.38. The molecule has 10 nitrogen and oxygen atoms in total. The van der Waals surface area contributed by atoms with Gasteiger partial charge < -0.3 is 15.8 Å². The molecule has 1 saturated heterocycles. The van der Waals surface area contributed by atoms with Gasteiger partial charge in [-0.15, -0.1) is 0 Å². The number of nitrogens with two attached hydrogens (primary N) is 1. The lowest BCUT2D eigenvalue weighted by Crippen LogP contribution is -2.54. The molecule has 4 heterocycles. The topological polar surface area (TPSA) is 130 Å². The highest BCUT2D eigenvalue weighted by Crippen LogP contribution is 2.28. The molecule has 3 aromatic heterocycles. The smallest absolute Gasteiger partial charge is 0.140 e. The normalized spacial score (nSPS) is 15.3. The molecule has 0 aliphatic carbocycles. The van der Waals surface area contributed by atoms with Crippen molar-refractivity contribution in [2.24, 2.45) is 16.1 Å². The van der Waals surface area contributed by atoms with Gasteiger partial charge in [0.2, 0.25) is 0 Å². The standard InChI is InChI=1S/C29H31N9O/c1-29(17-31)18-37(19-29)9-10-39-24-7-8-38-26(16-34-28(38)11-24)25-12-27(36-20-35-25)33-14-21-3-5-22(6-4-21)23(13-30)15-32-2/h3-8,11-13,15-16,20H,9-10,14,18-19,30H2,1-2H3,(H,33,35,36). The molecule has 39 heavy (non-hydrogen) atoms. The van der Waals surface area contributed by atoms with Crippen LogP contribution in [0.15, 0.2) is 72.4 Å². The zero-order valence-electron chi connectivity index (χ0n) is 22.1. The summed E-state index contributed by atoms with van der Waals surface area (Å²) >= 11 is 0. The van der Waals surface area contributed by atoms with Crippen LogP contribution >= 0.6 is 0 Å². The lowest BCUT2D eigenvalue weighted by Gasteiger charge is -2.43. The van der Waals surface area contributed by atoms with Gasteiger partial charge in [-0.3, -0.25) is 14.3 Å². The number of pyridine rings is 1. The molecule has 3 N–H and O–H groups in total. The number of aliphatic imine (C=N–C) groups is 1. The lowest BCUT2D eigenvalue weighted by molar-refractivity contribution is 0.0477. The third-order valence-corrected chi connectivity index (χ3v) is 6.71. The fraction of sp³-hybridized carbons (Fsp3) is 0.276. The van der Waals surface area contributed by atoms with Crippen molar-refractivity contribution < 1.29 is 4.74 Å². The van der Waals surface area contributed by atoms with Crippen LogP contribution in [-0.2, 0) is 6.54 Å². The minimum Gasteiger partial charge on any atom is -0.492 e. The van der Waals surface area contributed by atoms with Crippen molar-refractivity contribution in [2.45, 2.75) is 13.5 Å².